The molecule has 0 aromatic heterocycles. The zero-order chi connectivity index (χ0) is 20.2. The SMILES string of the molecule is O=C(NCCc1ccccc1)C1c2ccccc2C(=O)N1Cc1ccc(F)cc1. The predicted molar refractivity (Wildman–Crippen MR) is 109 cm³/mol. The number of carbonyl (C=O) groups is 2. The highest BCUT2D eigenvalue weighted by Crippen LogP contribution is 2.35. The number of fused-ring (bicyclic) bond motifs is 1. The summed E-state index contributed by atoms with van der Waals surface area (Å²) in [5.74, 6) is -0.727. The summed E-state index contributed by atoms with van der Waals surface area (Å²) in [6, 6.07) is 22.4. The van der Waals surface area contributed by atoms with Crippen molar-refractivity contribution in [3.8, 4) is 0 Å². The Balaban J connectivity index is 1.52. The van der Waals surface area contributed by atoms with Gasteiger partial charge in [0.25, 0.3) is 5.91 Å². The van der Waals surface area contributed by atoms with Gasteiger partial charge in [-0.2, -0.15) is 0 Å². The van der Waals surface area contributed by atoms with Gasteiger partial charge in [0, 0.05) is 18.7 Å². The molecule has 3 aromatic rings. The highest BCUT2D eigenvalue weighted by molar-refractivity contribution is 6.04. The maximum Gasteiger partial charge on any atom is 0.255 e. The van der Waals surface area contributed by atoms with Crippen LogP contribution >= 0.6 is 0 Å². The van der Waals surface area contributed by atoms with E-state index in [1.165, 1.54) is 12.1 Å². The molecule has 1 aliphatic heterocycles. The lowest BCUT2D eigenvalue weighted by atomic mass is 10.0. The Morgan fingerprint density at radius 2 is 1.59 bits per heavy atom. The molecule has 4 nitrogen and oxygen atoms in total. The minimum Gasteiger partial charge on any atom is -0.354 e. The summed E-state index contributed by atoms with van der Waals surface area (Å²) in [5, 5.41) is 2.97. The molecular formula is C24H21FN2O2. The third-order valence-corrected chi connectivity index (χ3v) is 5.13. The highest BCUT2D eigenvalue weighted by Gasteiger charge is 2.40. The summed E-state index contributed by atoms with van der Waals surface area (Å²) in [5.41, 5.74) is 3.16. The van der Waals surface area contributed by atoms with Crippen molar-refractivity contribution in [1.82, 2.24) is 10.2 Å². The van der Waals surface area contributed by atoms with Crippen LogP contribution < -0.4 is 5.32 Å². The van der Waals surface area contributed by atoms with Gasteiger partial charge in [-0.1, -0.05) is 60.7 Å². The molecule has 1 N–H and O–H groups in total. The molecule has 0 saturated heterocycles. The number of hydrogen-bond donors (Lipinski definition) is 1. The van der Waals surface area contributed by atoms with Crippen LogP contribution in [0.25, 0.3) is 0 Å². The lowest BCUT2D eigenvalue weighted by molar-refractivity contribution is -0.125. The van der Waals surface area contributed by atoms with Crippen LogP contribution in [0.15, 0.2) is 78.9 Å². The summed E-state index contributed by atoms with van der Waals surface area (Å²) >= 11 is 0. The Hall–Kier alpha value is -3.47. The van der Waals surface area contributed by atoms with Gasteiger partial charge in [0.05, 0.1) is 0 Å². The number of nitrogens with one attached hydrogen (secondary N) is 1. The van der Waals surface area contributed by atoms with Gasteiger partial charge < -0.3 is 10.2 Å². The molecule has 1 atom stereocenters. The van der Waals surface area contributed by atoms with E-state index in [2.05, 4.69) is 5.32 Å². The molecule has 0 saturated carbocycles. The van der Waals surface area contributed by atoms with E-state index in [1.807, 2.05) is 42.5 Å². The van der Waals surface area contributed by atoms with Crippen LogP contribution in [0, 0.1) is 5.82 Å². The molecular weight excluding hydrogens is 367 g/mol. The Morgan fingerprint density at radius 3 is 2.34 bits per heavy atom. The van der Waals surface area contributed by atoms with Crippen LogP contribution in [-0.2, 0) is 17.8 Å². The van der Waals surface area contributed by atoms with Gasteiger partial charge >= 0.3 is 0 Å². The van der Waals surface area contributed by atoms with Crippen molar-refractivity contribution in [2.45, 2.75) is 19.0 Å². The Morgan fingerprint density at radius 1 is 0.897 bits per heavy atom. The van der Waals surface area contributed by atoms with E-state index in [0.29, 0.717) is 24.1 Å². The van der Waals surface area contributed by atoms with Gasteiger partial charge in [0.15, 0.2) is 0 Å². The minimum atomic E-state index is -0.695. The minimum absolute atomic E-state index is 0.187. The molecule has 2 amide bonds. The third-order valence-electron chi connectivity index (χ3n) is 5.13. The molecule has 5 heteroatoms. The van der Waals surface area contributed by atoms with Crippen LogP contribution in [-0.4, -0.2) is 23.3 Å². The zero-order valence-corrected chi connectivity index (χ0v) is 15.8. The molecule has 4 rings (SSSR count). The molecule has 1 heterocycles. The van der Waals surface area contributed by atoms with E-state index in [4.69, 9.17) is 0 Å². The molecule has 0 fully saturated rings. The molecule has 0 bridgehead atoms. The number of hydrogen-bond acceptors (Lipinski definition) is 2. The molecule has 146 valence electrons. The Labute approximate surface area is 169 Å². The van der Waals surface area contributed by atoms with Gasteiger partial charge in [0.2, 0.25) is 5.91 Å². The van der Waals surface area contributed by atoms with Crippen LogP contribution in [0.2, 0.25) is 0 Å². The summed E-state index contributed by atoms with van der Waals surface area (Å²) in [7, 11) is 0. The topological polar surface area (TPSA) is 49.4 Å². The van der Waals surface area contributed by atoms with E-state index >= 15 is 0 Å². The second kappa shape index (κ2) is 8.27. The first kappa shape index (κ1) is 18.9. The number of nitrogens with zero attached hydrogens (tertiary/aromatic N) is 1. The summed E-state index contributed by atoms with van der Waals surface area (Å²) in [4.78, 5) is 27.5. The first-order chi connectivity index (χ1) is 14.1. The summed E-state index contributed by atoms with van der Waals surface area (Å²) < 4.78 is 13.2. The fourth-order valence-electron chi connectivity index (χ4n) is 3.67. The van der Waals surface area contributed by atoms with E-state index in [9.17, 15) is 14.0 Å². The van der Waals surface area contributed by atoms with Crippen molar-refractivity contribution in [3.05, 3.63) is 107 Å². The number of amides is 2. The zero-order valence-electron chi connectivity index (χ0n) is 15.8. The summed E-state index contributed by atoms with van der Waals surface area (Å²) in [6.07, 6.45) is 0.715. The van der Waals surface area contributed by atoms with Crippen molar-refractivity contribution >= 4 is 11.8 Å². The van der Waals surface area contributed by atoms with Gasteiger partial charge in [-0.15, -0.1) is 0 Å². The average molecular weight is 388 g/mol. The molecule has 1 unspecified atom stereocenters. The van der Waals surface area contributed by atoms with Crippen molar-refractivity contribution in [3.63, 3.8) is 0 Å². The molecule has 0 aliphatic carbocycles. The lowest BCUT2D eigenvalue weighted by Crippen LogP contribution is -2.39. The summed E-state index contributed by atoms with van der Waals surface area (Å²) in [6.45, 7) is 0.727. The van der Waals surface area contributed by atoms with E-state index < -0.39 is 6.04 Å². The van der Waals surface area contributed by atoms with Gasteiger partial charge in [-0.25, -0.2) is 4.39 Å². The van der Waals surface area contributed by atoms with Crippen molar-refractivity contribution in [2.24, 2.45) is 0 Å². The third kappa shape index (κ3) is 4.04. The van der Waals surface area contributed by atoms with Crippen molar-refractivity contribution in [1.29, 1.82) is 0 Å². The maximum atomic E-state index is 13.2. The monoisotopic (exact) mass is 388 g/mol. The fourth-order valence-corrected chi connectivity index (χ4v) is 3.67. The molecule has 29 heavy (non-hydrogen) atoms. The Kier molecular flexibility index (Phi) is 5.38. The number of carbonyl (C=O) groups excluding carboxylic acids is 2. The van der Waals surface area contributed by atoms with Crippen LogP contribution in [0.4, 0.5) is 4.39 Å². The van der Waals surface area contributed by atoms with E-state index in [-0.39, 0.29) is 24.2 Å². The standard InChI is InChI=1S/C24H21FN2O2/c25-19-12-10-18(11-13-19)16-27-22(20-8-4-5-9-21(20)24(27)29)23(28)26-15-14-17-6-2-1-3-7-17/h1-13,22H,14-16H2,(H,26,28). The Bertz CT molecular complexity index is 1020. The molecule has 0 radical (unpaired) electrons. The van der Waals surface area contributed by atoms with Gasteiger partial charge in [0.1, 0.15) is 11.9 Å². The van der Waals surface area contributed by atoms with Crippen LogP contribution in [0.5, 0.6) is 0 Å². The highest BCUT2D eigenvalue weighted by atomic mass is 19.1. The van der Waals surface area contributed by atoms with Crippen molar-refractivity contribution < 1.29 is 14.0 Å². The number of rotatable bonds is 6. The first-order valence-electron chi connectivity index (χ1n) is 9.59. The molecule has 3 aromatic carbocycles. The van der Waals surface area contributed by atoms with Crippen LogP contribution in [0.3, 0.4) is 0 Å². The molecule has 0 spiro atoms. The van der Waals surface area contributed by atoms with Crippen molar-refractivity contribution in [2.75, 3.05) is 6.54 Å². The number of benzene rings is 3. The predicted octanol–water partition coefficient (Wildman–Crippen LogP) is 3.88. The smallest absolute Gasteiger partial charge is 0.255 e. The fraction of sp³-hybridized carbons (Fsp3) is 0.167. The van der Waals surface area contributed by atoms with E-state index in [0.717, 1.165) is 11.1 Å². The van der Waals surface area contributed by atoms with Gasteiger partial charge in [-0.3, -0.25) is 9.59 Å². The molecule has 1 aliphatic rings. The van der Waals surface area contributed by atoms with Crippen LogP contribution in [0.1, 0.15) is 33.1 Å². The average Bonchev–Trinajstić information content (AvgIpc) is 3.02. The maximum absolute atomic E-state index is 13.2. The largest absolute Gasteiger partial charge is 0.354 e. The number of halogens is 1. The normalized spacial score (nSPS) is 15.3. The first-order valence-corrected chi connectivity index (χ1v) is 9.59. The van der Waals surface area contributed by atoms with Gasteiger partial charge in [-0.05, 0) is 41.3 Å². The quantitative estimate of drug-likeness (QED) is 0.697. The lowest BCUT2D eigenvalue weighted by Gasteiger charge is -2.25. The second-order valence-electron chi connectivity index (χ2n) is 7.08. The van der Waals surface area contributed by atoms with E-state index in [1.54, 1.807) is 29.2 Å². The second-order valence-corrected chi connectivity index (χ2v) is 7.08.